The van der Waals surface area contributed by atoms with Gasteiger partial charge in [-0.25, -0.2) is 4.39 Å². The van der Waals surface area contributed by atoms with Gasteiger partial charge < -0.3 is 20.1 Å². The first-order valence-electron chi connectivity index (χ1n) is 8.25. The number of hydrogen-bond acceptors (Lipinski definition) is 4. The number of ether oxygens (including phenoxy) is 2. The van der Waals surface area contributed by atoms with Crippen LogP contribution in [0.2, 0.25) is 0 Å². The van der Waals surface area contributed by atoms with Crippen molar-refractivity contribution in [2.75, 3.05) is 19.0 Å². The molecule has 0 saturated carbocycles. The summed E-state index contributed by atoms with van der Waals surface area (Å²) >= 11 is 0. The van der Waals surface area contributed by atoms with Crippen LogP contribution >= 0.6 is 0 Å². The van der Waals surface area contributed by atoms with Gasteiger partial charge in [0, 0.05) is 6.07 Å². The minimum Gasteiger partial charge on any atom is -0.495 e. The molecule has 0 radical (unpaired) electrons. The van der Waals surface area contributed by atoms with Crippen molar-refractivity contribution < 1.29 is 18.7 Å². The van der Waals surface area contributed by atoms with Gasteiger partial charge >= 0.3 is 0 Å². The molecular formula is C19H21FN2O3. The Hall–Kier alpha value is -2.60. The molecular weight excluding hydrogens is 323 g/mol. The number of halogens is 1. The van der Waals surface area contributed by atoms with Gasteiger partial charge in [0.1, 0.15) is 23.9 Å². The number of nitrogens with one attached hydrogen (secondary N) is 2. The van der Waals surface area contributed by atoms with E-state index in [9.17, 15) is 9.18 Å². The fraction of sp³-hybridized carbons (Fsp3) is 0.316. The smallest absolute Gasteiger partial charge is 0.241 e. The largest absolute Gasteiger partial charge is 0.495 e. The third-order valence-corrected chi connectivity index (χ3v) is 4.10. The van der Waals surface area contributed by atoms with Gasteiger partial charge in [-0.2, -0.15) is 0 Å². The van der Waals surface area contributed by atoms with E-state index in [0.717, 1.165) is 24.9 Å². The van der Waals surface area contributed by atoms with Crippen molar-refractivity contribution in [1.82, 2.24) is 5.32 Å². The summed E-state index contributed by atoms with van der Waals surface area (Å²) in [5, 5.41) is 6.08. The van der Waals surface area contributed by atoms with E-state index in [1.54, 1.807) is 25.3 Å². The molecule has 132 valence electrons. The zero-order chi connectivity index (χ0) is 17.6. The summed E-state index contributed by atoms with van der Waals surface area (Å²) in [6, 6.07) is 11.3. The van der Waals surface area contributed by atoms with Crippen molar-refractivity contribution >= 4 is 11.6 Å². The zero-order valence-corrected chi connectivity index (χ0v) is 14.0. The SMILES string of the molecule is COc1ccc(COc2cccc(F)c2)cc1NC(=O)[C@@H]1CCCN1. The Kier molecular flexibility index (Phi) is 5.50. The number of rotatable bonds is 6. The molecule has 0 unspecified atom stereocenters. The molecule has 2 N–H and O–H groups in total. The molecule has 1 fully saturated rings. The molecule has 2 aromatic rings. The van der Waals surface area contributed by atoms with E-state index >= 15 is 0 Å². The van der Waals surface area contributed by atoms with Gasteiger partial charge in [0.05, 0.1) is 18.8 Å². The van der Waals surface area contributed by atoms with Crippen molar-refractivity contribution in [2.24, 2.45) is 0 Å². The highest BCUT2D eigenvalue weighted by Crippen LogP contribution is 2.27. The van der Waals surface area contributed by atoms with Gasteiger partial charge in [-0.1, -0.05) is 12.1 Å². The minimum atomic E-state index is -0.343. The first-order valence-corrected chi connectivity index (χ1v) is 8.25. The molecule has 0 bridgehead atoms. The van der Waals surface area contributed by atoms with Crippen LogP contribution in [-0.2, 0) is 11.4 Å². The Labute approximate surface area is 146 Å². The standard InChI is InChI=1S/C19H21FN2O3/c1-24-18-8-7-13(12-25-15-5-2-4-14(20)11-15)10-17(18)22-19(23)16-6-3-9-21-16/h2,4-5,7-8,10-11,16,21H,3,6,9,12H2,1H3,(H,22,23)/t16-/m0/s1. The maximum atomic E-state index is 13.2. The Morgan fingerprint density at radius 3 is 2.92 bits per heavy atom. The summed E-state index contributed by atoms with van der Waals surface area (Å²) in [5.41, 5.74) is 1.45. The van der Waals surface area contributed by atoms with Crippen LogP contribution in [0, 0.1) is 5.82 Å². The van der Waals surface area contributed by atoms with Crippen molar-refractivity contribution in [2.45, 2.75) is 25.5 Å². The number of benzene rings is 2. The third-order valence-electron chi connectivity index (χ3n) is 4.10. The molecule has 1 aliphatic rings. The number of anilines is 1. The lowest BCUT2D eigenvalue weighted by molar-refractivity contribution is -0.117. The number of methoxy groups -OCH3 is 1. The van der Waals surface area contributed by atoms with Crippen LogP contribution < -0.4 is 20.1 Å². The van der Waals surface area contributed by atoms with Gasteiger partial charge in [0.25, 0.3) is 0 Å². The average molecular weight is 344 g/mol. The number of amides is 1. The van der Waals surface area contributed by atoms with Crippen LogP contribution in [0.5, 0.6) is 11.5 Å². The van der Waals surface area contributed by atoms with E-state index in [0.29, 0.717) is 17.2 Å². The molecule has 1 heterocycles. The Morgan fingerprint density at radius 1 is 1.32 bits per heavy atom. The maximum Gasteiger partial charge on any atom is 0.241 e. The van der Waals surface area contributed by atoms with Gasteiger partial charge in [0.2, 0.25) is 5.91 Å². The minimum absolute atomic E-state index is 0.0704. The maximum absolute atomic E-state index is 13.2. The van der Waals surface area contributed by atoms with Crippen LogP contribution in [0.1, 0.15) is 18.4 Å². The van der Waals surface area contributed by atoms with Crippen LogP contribution in [0.4, 0.5) is 10.1 Å². The lowest BCUT2D eigenvalue weighted by Gasteiger charge is -2.15. The fourth-order valence-electron chi connectivity index (χ4n) is 2.79. The summed E-state index contributed by atoms with van der Waals surface area (Å²) in [6.07, 6.45) is 1.83. The second-order valence-corrected chi connectivity index (χ2v) is 5.92. The van der Waals surface area contributed by atoms with Crippen LogP contribution in [0.15, 0.2) is 42.5 Å². The van der Waals surface area contributed by atoms with E-state index < -0.39 is 0 Å². The van der Waals surface area contributed by atoms with Crippen LogP contribution in [0.3, 0.4) is 0 Å². The monoisotopic (exact) mass is 344 g/mol. The van der Waals surface area contributed by atoms with Gasteiger partial charge in [-0.15, -0.1) is 0 Å². The van der Waals surface area contributed by atoms with Crippen LogP contribution in [-0.4, -0.2) is 25.6 Å². The quantitative estimate of drug-likeness (QED) is 0.845. The van der Waals surface area contributed by atoms with Crippen LogP contribution in [0.25, 0.3) is 0 Å². The topological polar surface area (TPSA) is 59.6 Å². The second kappa shape index (κ2) is 7.98. The van der Waals surface area contributed by atoms with E-state index in [1.807, 2.05) is 12.1 Å². The van der Waals surface area contributed by atoms with Crippen molar-refractivity contribution in [1.29, 1.82) is 0 Å². The highest BCUT2D eigenvalue weighted by Gasteiger charge is 2.22. The van der Waals surface area contributed by atoms with Gasteiger partial charge in [0.15, 0.2) is 0 Å². The molecule has 2 aromatic carbocycles. The Balaban J connectivity index is 1.69. The summed E-state index contributed by atoms with van der Waals surface area (Å²) < 4.78 is 24.1. The lowest BCUT2D eigenvalue weighted by atomic mass is 10.1. The number of hydrogen-bond donors (Lipinski definition) is 2. The highest BCUT2D eigenvalue weighted by atomic mass is 19.1. The predicted octanol–water partition coefficient (Wildman–Crippen LogP) is 3.10. The summed E-state index contributed by atoms with van der Waals surface area (Å²) in [4.78, 5) is 12.3. The molecule has 0 aromatic heterocycles. The van der Waals surface area contributed by atoms with Gasteiger partial charge in [-0.3, -0.25) is 4.79 Å². The Bertz CT molecular complexity index is 745. The van der Waals surface area contributed by atoms with E-state index in [4.69, 9.17) is 9.47 Å². The van der Waals surface area contributed by atoms with Gasteiger partial charge in [-0.05, 0) is 49.2 Å². The molecule has 1 atom stereocenters. The second-order valence-electron chi connectivity index (χ2n) is 5.92. The summed E-state index contributed by atoms with van der Waals surface area (Å²) in [6.45, 7) is 1.12. The number of carbonyl (C=O) groups excluding carboxylic acids is 1. The summed E-state index contributed by atoms with van der Waals surface area (Å²) in [7, 11) is 1.56. The predicted molar refractivity (Wildman–Crippen MR) is 93.4 cm³/mol. The van der Waals surface area contributed by atoms with E-state index in [-0.39, 0.29) is 24.4 Å². The van der Waals surface area contributed by atoms with E-state index in [1.165, 1.54) is 12.1 Å². The molecule has 5 nitrogen and oxygen atoms in total. The van der Waals surface area contributed by atoms with Crippen molar-refractivity contribution in [3.8, 4) is 11.5 Å². The highest BCUT2D eigenvalue weighted by molar-refractivity contribution is 5.96. The zero-order valence-electron chi connectivity index (χ0n) is 14.0. The molecule has 1 aliphatic heterocycles. The molecule has 6 heteroatoms. The molecule has 3 rings (SSSR count). The third kappa shape index (κ3) is 4.48. The average Bonchev–Trinajstić information content (AvgIpc) is 3.15. The molecule has 0 spiro atoms. The Morgan fingerprint density at radius 2 is 2.20 bits per heavy atom. The van der Waals surface area contributed by atoms with Crippen molar-refractivity contribution in [3.63, 3.8) is 0 Å². The molecule has 1 amide bonds. The van der Waals surface area contributed by atoms with Crippen molar-refractivity contribution in [3.05, 3.63) is 53.8 Å². The molecule has 25 heavy (non-hydrogen) atoms. The fourth-order valence-corrected chi connectivity index (χ4v) is 2.79. The first kappa shape index (κ1) is 17.2. The van der Waals surface area contributed by atoms with E-state index in [2.05, 4.69) is 10.6 Å². The first-order chi connectivity index (χ1) is 12.2. The normalized spacial score (nSPS) is 16.5. The molecule has 0 aliphatic carbocycles. The molecule has 1 saturated heterocycles. The summed E-state index contributed by atoms with van der Waals surface area (Å²) in [5.74, 6) is 0.626. The lowest BCUT2D eigenvalue weighted by Crippen LogP contribution is -2.35. The number of carbonyl (C=O) groups is 1.